The smallest absolute Gasteiger partial charge is 0.278 e. The molecule has 0 N–H and O–H groups in total. The maximum absolute atomic E-state index is 10.6. The summed E-state index contributed by atoms with van der Waals surface area (Å²) in [5.41, 5.74) is 0. The first kappa shape index (κ1) is 8.82. The summed E-state index contributed by atoms with van der Waals surface area (Å²) in [5, 5.41) is -0.146. The predicted octanol–water partition coefficient (Wildman–Crippen LogP) is 1.77. The lowest BCUT2D eigenvalue weighted by Crippen LogP contribution is -2.32. The molecule has 54 valence electrons. The summed E-state index contributed by atoms with van der Waals surface area (Å²) >= 11 is 3.70. The van der Waals surface area contributed by atoms with Gasteiger partial charge < -0.3 is 4.90 Å². The summed E-state index contributed by atoms with van der Waals surface area (Å²) in [5.74, 6) is 0. The van der Waals surface area contributed by atoms with E-state index in [2.05, 4.69) is 12.6 Å². The van der Waals surface area contributed by atoms with Gasteiger partial charge in [-0.2, -0.15) is 0 Å². The predicted molar refractivity (Wildman–Crippen MR) is 41.9 cm³/mol. The topological polar surface area (TPSA) is 20.3 Å². The van der Waals surface area contributed by atoms with Crippen molar-refractivity contribution in [3.8, 4) is 0 Å². The third-order valence-electron chi connectivity index (χ3n) is 1.21. The van der Waals surface area contributed by atoms with Gasteiger partial charge in [-0.1, -0.05) is 12.6 Å². The van der Waals surface area contributed by atoms with Crippen LogP contribution in [0.4, 0.5) is 4.79 Å². The average molecular weight is 147 g/mol. The van der Waals surface area contributed by atoms with Gasteiger partial charge in [0.25, 0.3) is 5.24 Å². The van der Waals surface area contributed by atoms with Crippen molar-refractivity contribution in [1.82, 2.24) is 4.90 Å². The second-order valence-electron chi connectivity index (χ2n) is 2.16. The van der Waals surface area contributed by atoms with E-state index in [4.69, 9.17) is 0 Å². The first-order valence-corrected chi connectivity index (χ1v) is 3.53. The third kappa shape index (κ3) is 2.75. The second kappa shape index (κ2) is 3.77. The van der Waals surface area contributed by atoms with E-state index in [0.29, 0.717) is 0 Å². The van der Waals surface area contributed by atoms with E-state index in [0.717, 1.165) is 6.54 Å². The minimum atomic E-state index is -0.146. The van der Waals surface area contributed by atoms with Crippen molar-refractivity contribution in [3.63, 3.8) is 0 Å². The zero-order valence-electron chi connectivity index (χ0n) is 6.09. The Bertz CT molecular complexity index is 103. The van der Waals surface area contributed by atoms with Crippen LogP contribution in [-0.2, 0) is 0 Å². The van der Waals surface area contributed by atoms with E-state index in [1.54, 1.807) is 4.90 Å². The van der Waals surface area contributed by atoms with Crippen LogP contribution in [0.3, 0.4) is 0 Å². The van der Waals surface area contributed by atoms with Crippen LogP contribution in [0, 0.1) is 0 Å². The van der Waals surface area contributed by atoms with E-state index in [1.165, 1.54) is 0 Å². The molecule has 2 nitrogen and oxygen atoms in total. The molecule has 0 aliphatic rings. The van der Waals surface area contributed by atoms with Crippen LogP contribution in [0.5, 0.6) is 0 Å². The van der Waals surface area contributed by atoms with Gasteiger partial charge in [0, 0.05) is 12.6 Å². The zero-order chi connectivity index (χ0) is 7.44. The van der Waals surface area contributed by atoms with Gasteiger partial charge in [0.2, 0.25) is 0 Å². The molecule has 0 bridgehead atoms. The van der Waals surface area contributed by atoms with Gasteiger partial charge in [-0.3, -0.25) is 4.79 Å². The molecule has 0 saturated heterocycles. The van der Waals surface area contributed by atoms with Crippen LogP contribution in [0.2, 0.25) is 0 Å². The largest absolute Gasteiger partial charge is 0.332 e. The molecular weight excluding hydrogens is 134 g/mol. The fraction of sp³-hybridized carbons (Fsp3) is 0.833. The number of amides is 1. The number of thiol groups is 1. The van der Waals surface area contributed by atoms with Gasteiger partial charge in [0.1, 0.15) is 0 Å². The third-order valence-corrected chi connectivity index (χ3v) is 1.47. The summed E-state index contributed by atoms with van der Waals surface area (Å²) in [6.07, 6.45) is 0. The Hall–Kier alpha value is -0.180. The molecule has 0 aliphatic heterocycles. The highest BCUT2D eigenvalue weighted by molar-refractivity contribution is 7.96. The van der Waals surface area contributed by atoms with Gasteiger partial charge in [0.05, 0.1) is 0 Å². The number of carbonyl (C=O) groups is 1. The number of nitrogens with zero attached hydrogens (tertiary/aromatic N) is 1. The summed E-state index contributed by atoms with van der Waals surface area (Å²) in [7, 11) is 0. The lowest BCUT2D eigenvalue weighted by atomic mass is 10.3. The molecule has 3 heteroatoms. The van der Waals surface area contributed by atoms with Crippen molar-refractivity contribution in [3.05, 3.63) is 0 Å². The first-order valence-electron chi connectivity index (χ1n) is 3.09. The van der Waals surface area contributed by atoms with Crippen LogP contribution in [0.1, 0.15) is 20.8 Å². The molecule has 0 spiro atoms. The SMILES string of the molecule is CCN(C(=O)S)C(C)C. The molecule has 0 rings (SSSR count). The minimum Gasteiger partial charge on any atom is -0.332 e. The lowest BCUT2D eigenvalue weighted by Gasteiger charge is -2.22. The highest BCUT2D eigenvalue weighted by atomic mass is 32.1. The number of carbonyl (C=O) groups excluding carboxylic acids is 1. The summed E-state index contributed by atoms with van der Waals surface area (Å²) in [6.45, 7) is 6.61. The highest BCUT2D eigenvalue weighted by Gasteiger charge is 2.09. The molecule has 0 aromatic heterocycles. The fourth-order valence-electron chi connectivity index (χ4n) is 0.721. The zero-order valence-corrected chi connectivity index (χ0v) is 6.98. The van der Waals surface area contributed by atoms with Crippen LogP contribution >= 0.6 is 12.6 Å². The molecule has 0 unspecified atom stereocenters. The van der Waals surface area contributed by atoms with Gasteiger partial charge in [-0.15, -0.1) is 0 Å². The molecule has 0 aromatic carbocycles. The maximum Gasteiger partial charge on any atom is 0.278 e. The summed E-state index contributed by atoms with van der Waals surface area (Å²) < 4.78 is 0. The van der Waals surface area contributed by atoms with Gasteiger partial charge >= 0.3 is 0 Å². The Balaban J connectivity index is 3.83. The fourth-order valence-corrected chi connectivity index (χ4v) is 1.09. The van der Waals surface area contributed by atoms with Crippen molar-refractivity contribution in [2.45, 2.75) is 26.8 Å². The Morgan fingerprint density at radius 2 is 2.11 bits per heavy atom. The Kier molecular flexibility index (Phi) is 3.70. The van der Waals surface area contributed by atoms with E-state index in [1.807, 2.05) is 20.8 Å². The lowest BCUT2D eigenvalue weighted by molar-refractivity contribution is 0.213. The van der Waals surface area contributed by atoms with Crippen molar-refractivity contribution in [1.29, 1.82) is 0 Å². The van der Waals surface area contributed by atoms with E-state index >= 15 is 0 Å². The minimum absolute atomic E-state index is 0.146. The molecule has 0 saturated carbocycles. The van der Waals surface area contributed by atoms with Crippen LogP contribution < -0.4 is 0 Å². The molecule has 0 fully saturated rings. The molecule has 0 atom stereocenters. The standard InChI is InChI=1S/C6H13NOS/c1-4-7(5(2)3)6(8)9/h5H,4H2,1-3H3,(H,8,9). The molecule has 0 aromatic rings. The van der Waals surface area contributed by atoms with Crippen molar-refractivity contribution in [2.75, 3.05) is 6.54 Å². The highest BCUT2D eigenvalue weighted by Crippen LogP contribution is 2.00. The summed E-state index contributed by atoms with van der Waals surface area (Å²) in [4.78, 5) is 12.3. The molecule has 0 aliphatic carbocycles. The molecule has 9 heavy (non-hydrogen) atoms. The van der Waals surface area contributed by atoms with Gasteiger partial charge in [-0.05, 0) is 20.8 Å². The van der Waals surface area contributed by atoms with Crippen molar-refractivity contribution >= 4 is 17.9 Å². The normalized spacial score (nSPS) is 9.89. The number of hydrogen-bond acceptors (Lipinski definition) is 1. The van der Waals surface area contributed by atoms with Crippen LogP contribution in [-0.4, -0.2) is 22.7 Å². The van der Waals surface area contributed by atoms with E-state index in [-0.39, 0.29) is 11.3 Å². The van der Waals surface area contributed by atoms with Gasteiger partial charge in [-0.25, -0.2) is 0 Å². The number of rotatable bonds is 2. The second-order valence-corrected chi connectivity index (χ2v) is 2.54. The Labute approximate surface area is 61.6 Å². The number of hydrogen-bond donors (Lipinski definition) is 1. The van der Waals surface area contributed by atoms with Crippen molar-refractivity contribution < 1.29 is 4.79 Å². The summed E-state index contributed by atoms with van der Waals surface area (Å²) in [6, 6.07) is 0.264. The Morgan fingerprint density at radius 1 is 1.67 bits per heavy atom. The van der Waals surface area contributed by atoms with E-state index < -0.39 is 0 Å². The first-order chi connectivity index (χ1) is 4.09. The monoisotopic (exact) mass is 147 g/mol. The van der Waals surface area contributed by atoms with Crippen LogP contribution in [0.15, 0.2) is 0 Å². The quantitative estimate of drug-likeness (QED) is 0.590. The van der Waals surface area contributed by atoms with E-state index in [9.17, 15) is 4.79 Å². The Morgan fingerprint density at radius 3 is 2.11 bits per heavy atom. The molecule has 0 radical (unpaired) electrons. The van der Waals surface area contributed by atoms with Gasteiger partial charge in [0.15, 0.2) is 0 Å². The molecular formula is C6H13NOS. The molecule has 1 amide bonds. The maximum atomic E-state index is 10.6. The average Bonchev–Trinajstić information content (AvgIpc) is 1.64. The molecule has 0 heterocycles. The van der Waals surface area contributed by atoms with Crippen molar-refractivity contribution in [2.24, 2.45) is 0 Å². The van der Waals surface area contributed by atoms with Crippen LogP contribution in [0.25, 0.3) is 0 Å².